The van der Waals surface area contributed by atoms with Crippen molar-refractivity contribution in [2.45, 2.75) is 70.1 Å². The fraction of sp³-hybridized carbons (Fsp3) is 0.640. The maximum Gasteiger partial charge on any atom is 0.250 e. The van der Waals surface area contributed by atoms with Crippen molar-refractivity contribution in [2.24, 2.45) is 11.8 Å². The van der Waals surface area contributed by atoms with Crippen LogP contribution in [0.5, 0.6) is 0 Å². The average Bonchev–Trinajstić information content (AvgIpc) is 3.34. The van der Waals surface area contributed by atoms with Gasteiger partial charge in [0.05, 0.1) is 17.4 Å². The van der Waals surface area contributed by atoms with Gasteiger partial charge in [-0.3, -0.25) is 14.4 Å². The van der Waals surface area contributed by atoms with Crippen molar-refractivity contribution in [3.05, 3.63) is 29.3 Å². The van der Waals surface area contributed by atoms with Crippen LogP contribution in [0.15, 0.2) is 18.2 Å². The van der Waals surface area contributed by atoms with Crippen molar-refractivity contribution in [3.63, 3.8) is 0 Å². The van der Waals surface area contributed by atoms with E-state index in [0.29, 0.717) is 37.9 Å². The van der Waals surface area contributed by atoms with E-state index in [4.69, 9.17) is 9.84 Å². The van der Waals surface area contributed by atoms with Gasteiger partial charge in [-0.25, -0.2) is 0 Å². The van der Waals surface area contributed by atoms with Gasteiger partial charge in [-0.1, -0.05) is 12.1 Å². The van der Waals surface area contributed by atoms with Crippen molar-refractivity contribution < 1.29 is 24.2 Å². The Hall–Kier alpha value is -2.45. The molecule has 8 heteroatoms. The summed E-state index contributed by atoms with van der Waals surface area (Å²) in [5, 5.41) is 14.9. The topological polar surface area (TPSA) is 108 Å². The molecule has 3 fully saturated rings. The van der Waals surface area contributed by atoms with E-state index in [9.17, 15) is 14.4 Å². The number of unbranched alkanes of at least 4 members (excludes halogenated alkanes) is 2. The van der Waals surface area contributed by atoms with Gasteiger partial charge in [0.15, 0.2) is 0 Å². The van der Waals surface area contributed by atoms with Gasteiger partial charge in [0.2, 0.25) is 17.7 Å². The summed E-state index contributed by atoms with van der Waals surface area (Å²) < 4.78 is 6.54. The monoisotopic (exact) mass is 457 g/mol. The maximum absolute atomic E-state index is 13.8. The summed E-state index contributed by atoms with van der Waals surface area (Å²) in [5.41, 5.74) is 0.909. The highest BCUT2D eigenvalue weighted by molar-refractivity contribution is 6.04. The number of anilines is 1. The lowest BCUT2D eigenvalue weighted by Gasteiger charge is -2.33. The Morgan fingerprint density at radius 3 is 2.64 bits per heavy atom. The molecule has 3 aliphatic heterocycles. The van der Waals surface area contributed by atoms with Crippen LogP contribution in [-0.2, 0) is 19.1 Å². The number of hydrogen-bond donors (Lipinski definition) is 3. The highest BCUT2D eigenvalue weighted by Gasteiger charge is 2.77. The van der Waals surface area contributed by atoms with Gasteiger partial charge in [-0.05, 0) is 70.1 Å². The summed E-state index contributed by atoms with van der Waals surface area (Å²) >= 11 is 0. The molecule has 2 bridgehead atoms. The van der Waals surface area contributed by atoms with E-state index in [1.807, 2.05) is 39.0 Å². The van der Waals surface area contributed by atoms with Gasteiger partial charge in [0.1, 0.15) is 11.6 Å². The first-order valence-corrected chi connectivity index (χ1v) is 11.9. The average molecular weight is 458 g/mol. The zero-order valence-corrected chi connectivity index (χ0v) is 19.9. The van der Waals surface area contributed by atoms with Crippen LogP contribution in [0.3, 0.4) is 0 Å². The number of amides is 3. The lowest BCUT2D eigenvalue weighted by atomic mass is 9.66. The molecule has 2 unspecified atom stereocenters. The number of likely N-dealkylation sites (tertiary alicyclic amines) is 1. The van der Waals surface area contributed by atoms with Gasteiger partial charge in [0, 0.05) is 25.9 Å². The van der Waals surface area contributed by atoms with Crippen LogP contribution in [0.25, 0.3) is 0 Å². The molecule has 0 aliphatic carbocycles. The van der Waals surface area contributed by atoms with Crippen LogP contribution in [0.4, 0.5) is 5.69 Å². The lowest BCUT2D eigenvalue weighted by molar-refractivity contribution is -0.144. The number of rotatable bonds is 8. The van der Waals surface area contributed by atoms with Gasteiger partial charge in [-0.2, -0.15) is 0 Å². The quantitative estimate of drug-likeness (QED) is 0.517. The number of carbonyl (C=O) groups excluding carboxylic acids is 3. The smallest absolute Gasteiger partial charge is 0.250 e. The molecule has 0 saturated carbocycles. The summed E-state index contributed by atoms with van der Waals surface area (Å²) in [6.07, 6.45) is 3.25. The fourth-order valence-corrected chi connectivity index (χ4v) is 6.17. The molecule has 3 amide bonds. The first kappa shape index (κ1) is 23.7. The molecule has 4 rings (SSSR count). The van der Waals surface area contributed by atoms with Gasteiger partial charge in [-0.15, -0.1) is 0 Å². The van der Waals surface area contributed by atoms with E-state index in [-0.39, 0.29) is 24.3 Å². The predicted octanol–water partition coefficient (Wildman–Crippen LogP) is 1.92. The standard InChI is InChI=1S/C25H35N3O5/c1-15-8-9-16(2)17(14-15)27-22(31)20-25-11-10-24(3,33-25)18(21(30)26-4)19(25)23(32)28(20)12-6-5-7-13-29/h8-9,14,18-20,29H,5-7,10-13H2,1-4H3,(H,26,30)(H,27,31)/t18-,19-,20?,24+,25?/m0/s1. The number of aliphatic hydroxyl groups is 1. The Kier molecular flexibility index (Phi) is 6.26. The highest BCUT2D eigenvalue weighted by atomic mass is 16.5. The number of aliphatic hydroxyl groups excluding tert-OH is 1. The number of carbonyl (C=O) groups is 3. The van der Waals surface area contributed by atoms with E-state index in [2.05, 4.69) is 10.6 Å². The Morgan fingerprint density at radius 2 is 1.94 bits per heavy atom. The first-order chi connectivity index (χ1) is 15.7. The normalized spacial score (nSPS) is 32.2. The van der Waals surface area contributed by atoms with Gasteiger partial charge >= 0.3 is 0 Å². The van der Waals surface area contributed by atoms with E-state index >= 15 is 0 Å². The molecule has 1 aromatic carbocycles. The van der Waals surface area contributed by atoms with Crippen molar-refractivity contribution in [1.29, 1.82) is 0 Å². The molecule has 1 aromatic rings. The molecule has 3 aliphatic rings. The van der Waals surface area contributed by atoms with Crippen LogP contribution in [-0.4, -0.2) is 65.2 Å². The molecule has 33 heavy (non-hydrogen) atoms. The van der Waals surface area contributed by atoms with Gasteiger partial charge < -0.3 is 25.4 Å². The third-order valence-corrected chi connectivity index (χ3v) is 7.76. The van der Waals surface area contributed by atoms with Crippen LogP contribution in [0.2, 0.25) is 0 Å². The Morgan fingerprint density at radius 1 is 1.18 bits per heavy atom. The SMILES string of the molecule is CNC(=O)[C@@H]1[C@H]2C(=O)N(CCCCCO)C(C(=O)Nc3cc(C)ccc3C)C23CC[C@@]1(C)O3. The molecule has 180 valence electrons. The molecule has 0 aromatic heterocycles. The minimum Gasteiger partial charge on any atom is -0.396 e. The second kappa shape index (κ2) is 8.72. The van der Waals surface area contributed by atoms with E-state index in [1.165, 1.54) is 0 Å². The minimum absolute atomic E-state index is 0.0945. The zero-order chi connectivity index (χ0) is 24.0. The van der Waals surface area contributed by atoms with E-state index in [0.717, 1.165) is 17.5 Å². The second-order valence-electron chi connectivity index (χ2n) is 9.97. The number of hydrogen-bond acceptors (Lipinski definition) is 5. The Bertz CT molecular complexity index is 965. The van der Waals surface area contributed by atoms with Gasteiger partial charge in [0.25, 0.3) is 0 Å². The Labute approximate surface area is 195 Å². The van der Waals surface area contributed by atoms with Crippen molar-refractivity contribution >= 4 is 23.4 Å². The molecular weight excluding hydrogens is 422 g/mol. The van der Waals surface area contributed by atoms with E-state index < -0.39 is 29.1 Å². The fourth-order valence-electron chi connectivity index (χ4n) is 6.17. The van der Waals surface area contributed by atoms with Crippen molar-refractivity contribution in [1.82, 2.24) is 10.2 Å². The molecule has 0 radical (unpaired) electrons. The number of aryl methyl sites for hydroxylation is 2. The lowest BCUT2D eigenvalue weighted by Crippen LogP contribution is -2.53. The summed E-state index contributed by atoms with van der Waals surface area (Å²) in [6, 6.07) is 5.06. The van der Waals surface area contributed by atoms with Crippen LogP contribution in [0, 0.1) is 25.7 Å². The summed E-state index contributed by atoms with van der Waals surface area (Å²) in [4.78, 5) is 42.0. The van der Waals surface area contributed by atoms with Crippen LogP contribution < -0.4 is 10.6 Å². The van der Waals surface area contributed by atoms with Crippen LogP contribution in [0.1, 0.15) is 50.2 Å². The Balaban J connectivity index is 1.70. The second-order valence-corrected chi connectivity index (χ2v) is 9.97. The molecule has 1 spiro atoms. The van der Waals surface area contributed by atoms with E-state index in [1.54, 1.807) is 11.9 Å². The number of fused-ring (bicyclic) bond motifs is 1. The van der Waals surface area contributed by atoms with Crippen molar-refractivity contribution in [3.8, 4) is 0 Å². The number of benzene rings is 1. The third kappa shape index (κ3) is 3.73. The first-order valence-electron chi connectivity index (χ1n) is 11.9. The molecule has 3 saturated heterocycles. The minimum atomic E-state index is -1.01. The predicted molar refractivity (Wildman–Crippen MR) is 123 cm³/mol. The largest absolute Gasteiger partial charge is 0.396 e. The molecule has 3 N–H and O–H groups in total. The summed E-state index contributed by atoms with van der Waals surface area (Å²) in [7, 11) is 1.57. The maximum atomic E-state index is 13.8. The molecule has 5 atom stereocenters. The highest BCUT2D eigenvalue weighted by Crippen LogP contribution is 2.63. The summed E-state index contributed by atoms with van der Waals surface area (Å²) in [6.45, 7) is 6.27. The summed E-state index contributed by atoms with van der Waals surface area (Å²) in [5.74, 6) is -1.97. The molecule has 3 heterocycles. The molecule has 8 nitrogen and oxygen atoms in total. The number of nitrogens with one attached hydrogen (secondary N) is 2. The zero-order valence-electron chi connectivity index (χ0n) is 19.9. The third-order valence-electron chi connectivity index (χ3n) is 7.76. The number of ether oxygens (including phenoxy) is 1. The van der Waals surface area contributed by atoms with Crippen LogP contribution >= 0.6 is 0 Å². The van der Waals surface area contributed by atoms with Crippen molar-refractivity contribution in [2.75, 3.05) is 25.5 Å². The number of nitrogens with zero attached hydrogens (tertiary/aromatic N) is 1. The molecular formula is C25H35N3O5.